The van der Waals surface area contributed by atoms with E-state index in [0.29, 0.717) is 44.3 Å². The Morgan fingerprint density at radius 2 is 1.61 bits per heavy atom. The monoisotopic (exact) mass is 834 g/mol. The van der Waals surface area contributed by atoms with Crippen LogP contribution in [0.2, 0.25) is 5.02 Å². The lowest BCUT2D eigenvalue weighted by molar-refractivity contribution is -0.146. The maximum absolute atomic E-state index is 13.2. The highest BCUT2D eigenvalue weighted by molar-refractivity contribution is 7.98. The number of halogens is 1. The van der Waals surface area contributed by atoms with E-state index in [4.69, 9.17) is 36.0 Å². The van der Waals surface area contributed by atoms with Gasteiger partial charge in [0.2, 0.25) is 11.8 Å². The molecule has 0 spiro atoms. The number of hydrogen-bond donors (Lipinski definition) is 3. The summed E-state index contributed by atoms with van der Waals surface area (Å²) in [5, 5.41) is 26.3. The predicted octanol–water partition coefficient (Wildman–Crippen LogP) is 7.44. The van der Waals surface area contributed by atoms with Gasteiger partial charge in [-0.1, -0.05) is 65.8 Å². The Hall–Kier alpha value is -6.55. The third-order valence-corrected chi connectivity index (χ3v) is 9.53. The number of carbonyl (C=O) groups is 3. The zero-order valence-corrected chi connectivity index (χ0v) is 34.2. The molecule has 2 amide bonds. The Morgan fingerprint density at radius 1 is 0.932 bits per heavy atom. The quantitative estimate of drug-likeness (QED) is 0.0501. The number of nitrogens with zero attached hydrogens (tertiary/aromatic N) is 4. The molecule has 0 bridgehead atoms. The molecule has 4 N–H and O–H groups in total. The number of nitrogen functional groups attached to an aromatic ring is 1. The van der Waals surface area contributed by atoms with Crippen molar-refractivity contribution in [2.24, 2.45) is 0 Å². The number of oxazole rings is 1. The molecule has 1 radical (unpaired) electrons. The third kappa shape index (κ3) is 12.5. The first-order valence-corrected chi connectivity index (χ1v) is 19.6. The van der Waals surface area contributed by atoms with Gasteiger partial charge in [0.05, 0.1) is 24.5 Å². The molecule has 5 aromatic rings. The Labute approximate surface area is 351 Å². The van der Waals surface area contributed by atoms with E-state index in [1.54, 1.807) is 75.7 Å². The molecule has 0 saturated heterocycles. The molecule has 0 aliphatic heterocycles. The zero-order valence-electron chi connectivity index (χ0n) is 32.7. The van der Waals surface area contributed by atoms with Crippen molar-refractivity contribution in [3.8, 4) is 40.5 Å². The molecule has 14 nitrogen and oxygen atoms in total. The van der Waals surface area contributed by atoms with Gasteiger partial charge in [0.25, 0.3) is 0 Å². The number of nitrogens with one attached hydrogen (secondary N) is 2. The highest BCUT2D eigenvalue weighted by Crippen LogP contribution is 2.37. The first-order valence-electron chi connectivity index (χ1n) is 18.3. The number of ether oxygens (including phenoxy) is 3. The maximum Gasteiger partial charge on any atom is 0.408 e. The van der Waals surface area contributed by atoms with Crippen molar-refractivity contribution in [2.75, 3.05) is 18.9 Å². The molecule has 59 heavy (non-hydrogen) atoms. The van der Waals surface area contributed by atoms with Crippen LogP contribution in [0.4, 0.5) is 10.6 Å². The number of thioether (sulfide) groups is 1. The van der Waals surface area contributed by atoms with Crippen molar-refractivity contribution in [2.45, 2.75) is 62.6 Å². The summed E-state index contributed by atoms with van der Waals surface area (Å²) in [4.78, 5) is 47.3. The lowest BCUT2D eigenvalue weighted by Crippen LogP contribution is -2.52. The standard InChI is InChI=1S/C43H41ClN7O7S/c1-26(48-38(52)35(21-27-9-6-5-7-10-27)50-42(54)58-43(2,3)4)41(53)56-20-8-19-55-32-17-13-28(14-18-32)36-33(22-45)37(47)51-40(34(36)23-46)59-25-31-24-57-39(49-31)29-11-15-30(44)16-12-29/h5-18,24,26,35H,19-21,25H2,1-4H3,(H2,47,51)(H,48,52)(H,50,54)/t26-,35-/m0/s1. The second-order valence-corrected chi connectivity index (χ2v) is 15.4. The molecule has 2 aromatic heterocycles. The largest absolute Gasteiger partial charge is 0.493 e. The summed E-state index contributed by atoms with van der Waals surface area (Å²) in [5.41, 5.74) is 8.76. The average molecular weight is 835 g/mol. The van der Waals surface area contributed by atoms with Crippen LogP contribution < -0.4 is 21.1 Å². The van der Waals surface area contributed by atoms with Crippen molar-refractivity contribution in [3.63, 3.8) is 0 Å². The number of nitriles is 2. The number of nitrogens with two attached hydrogens (primary N) is 1. The highest BCUT2D eigenvalue weighted by Gasteiger charge is 2.28. The van der Waals surface area contributed by atoms with Crippen LogP contribution in [0.3, 0.4) is 0 Å². The molecular formula is C43H41ClN7O7S. The number of anilines is 1. The van der Waals surface area contributed by atoms with Gasteiger partial charge in [-0.05, 0) is 75.2 Å². The maximum atomic E-state index is 13.2. The molecule has 3 aromatic carbocycles. The van der Waals surface area contributed by atoms with Crippen LogP contribution in [0.15, 0.2) is 94.6 Å². The molecule has 16 heteroatoms. The van der Waals surface area contributed by atoms with Gasteiger partial charge >= 0.3 is 12.1 Å². The SMILES string of the molecule is C[C@H](NC(=O)[C@H](Cc1ccccc1)NC(=O)OC(C)(C)C)C(=O)OC[CH]COc1ccc(-c2c(C#N)c(N)nc(SCc3coc(-c4ccc(Cl)cc4)n3)c2C#N)cc1. The van der Waals surface area contributed by atoms with Gasteiger partial charge in [0.15, 0.2) is 0 Å². The van der Waals surface area contributed by atoms with Gasteiger partial charge in [0.1, 0.15) is 58.2 Å². The van der Waals surface area contributed by atoms with E-state index in [9.17, 15) is 24.9 Å². The minimum absolute atomic E-state index is 0.0196. The van der Waals surface area contributed by atoms with Crippen molar-refractivity contribution >= 4 is 47.2 Å². The first kappa shape index (κ1) is 43.6. The summed E-state index contributed by atoms with van der Waals surface area (Å²) in [5.74, 6) is -0.0809. The summed E-state index contributed by atoms with van der Waals surface area (Å²) >= 11 is 7.23. The van der Waals surface area contributed by atoms with Gasteiger partial charge in [-0.3, -0.25) is 4.79 Å². The summed E-state index contributed by atoms with van der Waals surface area (Å²) in [6.45, 7) is 6.59. The van der Waals surface area contributed by atoms with Gasteiger partial charge < -0.3 is 35.0 Å². The van der Waals surface area contributed by atoms with Crippen LogP contribution >= 0.6 is 23.4 Å². The fourth-order valence-corrected chi connectivity index (χ4v) is 6.50. The summed E-state index contributed by atoms with van der Waals surface area (Å²) in [6.07, 6.45) is 2.52. The number of amides is 2. The molecule has 5 rings (SSSR count). The van der Waals surface area contributed by atoms with Crippen LogP contribution in [-0.4, -0.2) is 58.8 Å². The number of carbonyl (C=O) groups excluding carboxylic acids is 3. The fraction of sp³-hybridized carbons (Fsp3) is 0.256. The minimum Gasteiger partial charge on any atom is -0.493 e. The molecule has 303 valence electrons. The van der Waals surface area contributed by atoms with Crippen molar-refractivity contribution in [1.29, 1.82) is 10.5 Å². The third-order valence-electron chi connectivity index (χ3n) is 8.27. The second-order valence-electron chi connectivity index (χ2n) is 14.0. The van der Waals surface area contributed by atoms with Gasteiger partial charge in [0, 0.05) is 34.7 Å². The number of hydrogen-bond acceptors (Lipinski definition) is 13. The average Bonchev–Trinajstić information content (AvgIpc) is 3.68. The topological polar surface area (TPSA) is 215 Å². The lowest BCUT2D eigenvalue weighted by Gasteiger charge is -2.24. The lowest BCUT2D eigenvalue weighted by atomic mass is 9.97. The van der Waals surface area contributed by atoms with E-state index in [0.717, 1.165) is 11.1 Å². The summed E-state index contributed by atoms with van der Waals surface area (Å²) in [6, 6.07) is 25.2. The molecular weight excluding hydrogens is 794 g/mol. The summed E-state index contributed by atoms with van der Waals surface area (Å²) in [7, 11) is 0. The van der Waals surface area contributed by atoms with Gasteiger partial charge in [-0.15, -0.1) is 0 Å². The Kier molecular flexibility index (Phi) is 14.9. The predicted molar refractivity (Wildman–Crippen MR) is 222 cm³/mol. The van der Waals surface area contributed by atoms with Crippen molar-refractivity contribution in [1.82, 2.24) is 20.6 Å². The number of pyridine rings is 1. The Bertz CT molecular complexity index is 2340. The molecule has 0 saturated carbocycles. The smallest absolute Gasteiger partial charge is 0.408 e. The number of benzene rings is 3. The van der Waals surface area contributed by atoms with E-state index in [2.05, 4.69) is 32.7 Å². The van der Waals surface area contributed by atoms with E-state index < -0.39 is 35.7 Å². The van der Waals surface area contributed by atoms with Crippen molar-refractivity contribution in [3.05, 3.63) is 119 Å². The molecule has 2 atom stereocenters. The zero-order chi connectivity index (χ0) is 42.5. The molecule has 0 aliphatic rings. The molecule has 0 fully saturated rings. The van der Waals surface area contributed by atoms with E-state index in [-0.39, 0.29) is 36.6 Å². The highest BCUT2D eigenvalue weighted by atomic mass is 35.5. The second kappa shape index (κ2) is 20.2. The fourth-order valence-electron chi connectivity index (χ4n) is 5.50. The molecule has 0 unspecified atom stereocenters. The van der Waals surface area contributed by atoms with Gasteiger partial charge in [-0.2, -0.15) is 10.5 Å². The number of rotatable bonds is 16. The summed E-state index contributed by atoms with van der Waals surface area (Å²) < 4.78 is 22.1. The number of aromatic nitrogens is 2. The van der Waals surface area contributed by atoms with Gasteiger partial charge in [-0.25, -0.2) is 19.6 Å². The van der Waals surface area contributed by atoms with E-state index in [1.165, 1.54) is 24.9 Å². The number of alkyl carbamates (subject to hydrolysis) is 1. The first-order chi connectivity index (χ1) is 28.2. The molecule has 0 aliphatic carbocycles. The number of esters is 1. The Morgan fingerprint density at radius 3 is 2.27 bits per heavy atom. The van der Waals surface area contributed by atoms with Crippen LogP contribution in [0.5, 0.6) is 5.75 Å². The normalized spacial score (nSPS) is 12.0. The van der Waals surface area contributed by atoms with E-state index >= 15 is 0 Å². The van der Waals surface area contributed by atoms with Crippen LogP contribution in [0.1, 0.15) is 50.1 Å². The van der Waals surface area contributed by atoms with Crippen LogP contribution in [-0.2, 0) is 31.2 Å². The van der Waals surface area contributed by atoms with E-state index in [1.807, 2.05) is 30.3 Å². The van der Waals surface area contributed by atoms with Crippen LogP contribution in [0.25, 0.3) is 22.6 Å². The van der Waals surface area contributed by atoms with Crippen molar-refractivity contribution < 1.29 is 33.0 Å². The Balaban J connectivity index is 1.13. The molecule has 2 heterocycles. The minimum atomic E-state index is -1.02. The van der Waals surface area contributed by atoms with Crippen LogP contribution in [0, 0.1) is 29.1 Å².